The fraction of sp³-hybridized carbons (Fsp3) is 0.923. The van der Waals surface area contributed by atoms with Crippen LogP contribution >= 0.6 is 0 Å². The van der Waals surface area contributed by atoms with Gasteiger partial charge >= 0.3 is 12.0 Å². The van der Waals surface area contributed by atoms with Crippen LogP contribution in [0.15, 0.2) is 0 Å². The van der Waals surface area contributed by atoms with Gasteiger partial charge in [0.2, 0.25) is 0 Å². The third kappa shape index (κ3) is 11.2. The third-order valence-corrected chi connectivity index (χ3v) is 5.92. The molecule has 0 bridgehead atoms. The molecule has 0 aromatic carbocycles. The van der Waals surface area contributed by atoms with Crippen molar-refractivity contribution in [1.29, 1.82) is 0 Å². The van der Waals surface area contributed by atoms with Crippen molar-refractivity contribution in [2.45, 2.75) is 107 Å². The molecule has 184 valence electrons. The predicted octanol–water partition coefficient (Wildman–Crippen LogP) is 5.62. The van der Waals surface area contributed by atoms with Gasteiger partial charge in [-0.1, -0.05) is 53.4 Å². The summed E-state index contributed by atoms with van der Waals surface area (Å²) in [5.41, 5.74) is 0. The van der Waals surface area contributed by atoms with Crippen molar-refractivity contribution in [3.63, 3.8) is 0 Å². The van der Waals surface area contributed by atoms with E-state index in [2.05, 4.69) is 74.3 Å². The number of rotatable bonds is 16. The minimum Gasteiger partial charge on any atom is -0.321 e. The molecule has 0 spiro atoms. The maximum atomic E-state index is 6.99. The Bertz CT molecular complexity index is 430. The first kappa shape index (κ1) is 29.7. The Hall–Kier alpha value is -1.26. The number of hydrogen-bond acceptors (Lipinski definition) is 1. The SMILES string of the molecule is CCCC[N+](CCCC)=C(OC(N(CC)CC)=[N+](CCCC)CCCC)N(CC)CC. The van der Waals surface area contributed by atoms with Crippen LogP contribution in [-0.4, -0.2) is 83.4 Å². The average molecular weight is 441 g/mol. The molecule has 0 saturated carbocycles. The van der Waals surface area contributed by atoms with Crippen LogP contribution in [0.5, 0.6) is 0 Å². The summed E-state index contributed by atoms with van der Waals surface area (Å²) in [4.78, 5) is 4.82. The van der Waals surface area contributed by atoms with Gasteiger partial charge in [0, 0.05) is 0 Å². The molecule has 5 nitrogen and oxygen atoms in total. The van der Waals surface area contributed by atoms with Crippen molar-refractivity contribution in [3.8, 4) is 0 Å². The van der Waals surface area contributed by atoms with Crippen LogP contribution in [-0.2, 0) is 4.74 Å². The lowest BCUT2D eigenvalue weighted by Crippen LogP contribution is -2.48. The highest BCUT2D eigenvalue weighted by Crippen LogP contribution is 2.06. The van der Waals surface area contributed by atoms with Crippen LogP contribution in [0.1, 0.15) is 107 Å². The lowest BCUT2D eigenvalue weighted by Gasteiger charge is -2.24. The van der Waals surface area contributed by atoms with E-state index in [1.54, 1.807) is 0 Å². The quantitative estimate of drug-likeness (QED) is 0.176. The summed E-state index contributed by atoms with van der Waals surface area (Å²) in [7, 11) is 0. The highest BCUT2D eigenvalue weighted by Gasteiger charge is 2.32. The molecule has 0 aromatic heterocycles. The van der Waals surface area contributed by atoms with E-state index >= 15 is 0 Å². The fourth-order valence-electron chi connectivity index (χ4n) is 3.73. The molecule has 0 heterocycles. The van der Waals surface area contributed by atoms with Crippen LogP contribution in [0.3, 0.4) is 0 Å². The van der Waals surface area contributed by atoms with Crippen LogP contribution in [0.4, 0.5) is 0 Å². The molecule has 0 N–H and O–H groups in total. The average Bonchev–Trinajstić information content (AvgIpc) is 2.79. The van der Waals surface area contributed by atoms with Gasteiger partial charge in [-0.2, -0.15) is 0 Å². The predicted molar refractivity (Wildman–Crippen MR) is 137 cm³/mol. The molecule has 0 aliphatic carbocycles. The fourth-order valence-corrected chi connectivity index (χ4v) is 3.73. The molecular weight excluding hydrogens is 384 g/mol. The molecule has 0 amide bonds. The summed E-state index contributed by atoms with van der Waals surface area (Å²) in [6, 6.07) is 2.12. The third-order valence-electron chi connectivity index (χ3n) is 5.92. The van der Waals surface area contributed by atoms with Crippen molar-refractivity contribution in [2.75, 3.05) is 52.4 Å². The maximum absolute atomic E-state index is 6.99. The van der Waals surface area contributed by atoms with E-state index in [9.17, 15) is 0 Å². The Labute approximate surface area is 195 Å². The Morgan fingerprint density at radius 3 is 0.935 bits per heavy atom. The van der Waals surface area contributed by atoms with E-state index < -0.39 is 0 Å². The van der Waals surface area contributed by atoms with Gasteiger partial charge in [-0.15, -0.1) is 0 Å². The zero-order chi connectivity index (χ0) is 23.5. The Balaban J connectivity index is 6.47. The van der Waals surface area contributed by atoms with Gasteiger partial charge < -0.3 is 4.74 Å². The largest absolute Gasteiger partial charge is 0.457 e. The van der Waals surface area contributed by atoms with E-state index in [1.807, 2.05) is 0 Å². The maximum Gasteiger partial charge on any atom is 0.457 e. The first-order valence-corrected chi connectivity index (χ1v) is 13.5. The van der Waals surface area contributed by atoms with Gasteiger partial charge in [-0.3, -0.25) is 0 Å². The number of amidine groups is 2. The van der Waals surface area contributed by atoms with Gasteiger partial charge in [0.25, 0.3) is 0 Å². The lowest BCUT2D eigenvalue weighted by molar-refractivity contribution is -0.553. The van der Waals surface area contributed by atoms with Crippen molar-refractivity contribution in [3.05, 3.63) is 0 Å². The first-order valence-electron chi connectivity index (χ1n) is 13.5. The van der Waals surface area contributed by atoms with Gasteiger partial charge in [0.1, 0.15) is 0 Å². The van der Waals surface area contributed by atoms with Gasteiger partial charge in [0.15, 0.2) is 0 Å². The van der Waals surface area contributed by atoms with Crippen LogP contribution < -0.4 is 0 Å². The van der Waals surface area contributed by atoms with Crippen molar-refractivity contribution >= 4 is 12.0 Å². The highest BCUT2D eigenvalue weighted by molar-refractivity contribution is 5.84. The Kier molecular flexibility index (Phi) is 18.6. The number of ether oxygens (including phenoxy) is 1. The number of hydrogen-bond donors (Lipinski definition) is 0. The Morgan fingerprint density at radius 2 is 0.742 bits per heavy atom. The topological polar surface area (TPSA) is 21.7 Å². The first-order chi connectivity index (χ1) is 15.1. The summed E-state index contributed by atoms with van der Waals surface area (Å²) in [6.45, 7) is 26.2. The zero-order valence-corrected chi connectivity index (χ0v) is 22.5. The molecule has 0 radical (unpaired) electrons. The van der Waals surface area contributed by atoms with Crippen molar-refractivity contribution < 1.29 is 13.9 Å². The molecule has 0 atom stereocenters. The van der Waals surface area contributed by atoms with E-state index in [0.29, 0.717) is 0 Å². The van der Waals surface area contributed by atoms with E-state index in [1.165, 1.54) is 51.4 Å². The van der Waals surface area contributed by atoms with Gasteiger partial charge in [0.05, 0.1) is 52.4 Å². The van der Waals surface area contributed by atoms with Gasteiger partial charge in [-0.05, 0) is 53.4 Å². The van der Waals surface area contributed by atoms with Crippen molar-refractivity contribution in [1.82, 2.24) is 9.80 Å². The van der Waals surface area contributed by atoms with Crippen LogP contribution in [0, 0.1) is 0 Å². The summed E-state index contributed by atoms with van der Waals surface area (Å²) < 4.78 is 12.0. The summed E-state index contributed by atoms with van der Waals surface area (Å²) in [6.07, 6.45) is 9.64. The molecule has 31 heavy (non-hydrogen) atoms. The highest BCUT2D eigenvalue weighted by atomic mass is 16.5. The number of nitrogens with zero attached hydrogens (tertiary/aromatic N) is 4. The second-order valence-electron chi connectivity index (χ2n) is 8.40. The zero-order valence-electron chi connectivity index (χ0n) is 22.5. The molecular formula is C26H56N4O+2. The minimum atomic E-state index is 0.968. The molecule has 0 aromatic rings. The molecule has 5 heteroatoms. The van der Waals surface area contributed by atoms with Gasteiger partial charge in [-0.25, -0.2) is 19.0 Å². The summed E-state index contributed by atoms with van der Waals surface area (Å²) in [5, 5.41) is 0. The normalized spacial score (nSPS) is 10.7. The molecule has 0 aliphatic rings. The lowest BCUT2D eigenvalue weighted by atomic mass is 10.3. The molecule has 0 unspecified atom stereocenters. The molecule has 0 fully saturated rings. The summed E-state index contributed by atoms with van der Waals surface area (Å²) >= 11 is 0. The second kappa shape index (κ2) is 19.4. The monoisotopic (exact) mass is 440 g/mol. The number of unbranched alkanes of at least 4 members (excludes halogenated alkanes) is 4. The van der Waals surface area contributed by atoms with Crippen LogP contribution in [0.2, 0.25) is 0 Å². The van der Waals surface area contributed by atoms with E-state index in [0.717, 1.165) is 64.4 Å². The van der Waals surface area contributed by atoms with Crippen molar-refractivity contribution in [2.24, 2.45) is 0 Å². The Morgan fingerprint density at radius 1 is 0.484 bits per heavy atom. The van der Waals surface area contributed by atoms with E-state index in [4.69, 9.17) is 4.74 Å². The standard InChI is InChI=1S/C26H56N4O/c1-9-17-21-29(22-18-10-2)25(27(13-5)14-6)31-26(28(15-7)16-8)30(23-19-11-3)24-20-12-4/h9-24H2,1-8H3/q+2. The molecule has 0 saturated heterocycles. The molecule has 0 aliphatic heterocycles. The molecule has 0 rings (SSSR count). The minimum absolute atomic E-state index is 0.968. The van der Waals surface area contributed by atoms with Crippen LogP contribution in [0.25, 0.3) is 0 Å². The summed E-state index contributed by atoms with van der Waals surface area (Å²) in [5.74, 6) is 0. The smallest absolute Gasteiger partial charge is 0.321 e. The van der Waals surface area contributed by atoms with E-state index in [-0.39, 0.29) is 0 Å². The second-order valence-corrected chi connectivity index (χ2v) is 8.40.